The normalized spacial score (nSPS) is 23.1. The lowest BCUT2D eigenvalue weighted by Gasteiger charge is -2.21. The molecule has 24 heavy (non-hydrogen) atoms. The largest absolute Gasteiger partial charge is 0.444 e. The molecule has 0 spiro atoms. The van der Waals surface area contributed by atoms with Crippen LogP contribution < -0.4 is 11.0 Å². The molecule has 1 aliphatic rings. The predicted molar refractivity (Wildman–Crippen MR) is 78.9 cm³/mol. The molecule has 0 aliphatic carbocycles. The molecule has 0 radical (unpaired) electrons. The van der Waals surface area contributed by atoms with Crippen molar-refractivity contribution in [3.05, 3.63) is 22.7 Å². The number of amides is 1. The maximum atomic E-state index is 13.9. The molecule has 1 aromatic heterocycles. The van der Waals surface area contributed by atoms with Gasteiger partial charge in [0.2, 0.25) is 6.23 Å². The van der Waals surface area contributed by atoms with Crippen LogP contribution in [0, 0.1) is 0 Å². The van der Waals surface area contributed by atoms with E-state index in [4.69, 9.17) is 14.6 Å². The highest BCUT2D eigenvalue weighted by Crippen LogP contribution is 2.41. The van der Waals surface area contributed by atoms with E-state index in [0.29, 0.717) is 4.57 Å². The van der Waals surface area contributed by atoms with Crippen LogP contribution in [0.25, 0.3) is 0 Å². The second-order valence-corrected chi connectivity index (χ2v) is 6.39. The van der Waals surface area contributed by atoms with Crippen molar-refractivity contribution in [1.29, 1.82) is 0 Å². The number of anilines is 1. The van der Waals surface area contributed by atoms with Gasteiger partial charge in [-0.2, -0.15) is 4.98 Å². The lowest BCUT2D eigenvalue weighted by Crippen LogP contribution is -2.35. The van der Waals surface area contributed by atoms with Crippen molar-refractivity contribution in [2.24, 2.45) is 0 Å². The first kappa shape index (κ1) is 18.3. The molecular weight excluding hydrogens is 328 g/mol. The Morgan fingerprint density at radius 2 is 2.25 bits per heavy atom. The number of alkyl halides is 2. The predicted octanol–water partition coefficient (Wildman–Crippen LogP) is 1.51. The zero-order valence-corrected chi connectivity index (χ0v) is 13.5. The number of nitrogens with one attached hydrogen (secondary N) is 1. The van der Waals surface area contributed by atoms with Crippen LogP contribution in [0.15, 0.2) is 17.1 Å². The monoisotopic (exact) mass is 347 g/mol. The smallest absolute Gasteiger partial charge is 0.413 e. The third kappa shape index (κ3) is 4.26. The number of nitrogens with zero attached hydrogens (tertiary/aromatic N) is 2. The van der Waals surface area contributed by atoms with Gasteiger partial charge in [-0.1, -0.05) is 0 Å². The van der Waals surface area contributed by atoms with Crippen LogP contribution in [-0.4, -0.2) is 45.0 Å². The van der Waals surface area contributed by atoms with Gasteiger partial charge in [0.05, 0.1) is 12.7 Å². The van der Waals surface area contributed by atoms with E-state index in [2.05, 4.69) is 10.3 Å². The number of aromatic nitrogens is 2. The molecule has 2 rings (SSSR count). The van der Waals surface area contributed by atoms with Crippen LogP contribution in [0.5, 0.6) is 0 Å². The minimum atomic E-state index is -3.32. The van der Waals surface area contributed by atoms with E-state index in [1.165, 1.54) is 6.07 Å². The Bertz CT molecular complexity index is 671. The summed E-state index contributed by atoms with van der Waals surface area (Å²) in [5.74, 6) is -3.45. The van der Waals surface area contributed by atoms with Crippen LogP contribution >= 0.6 is 0 Å². The van der Waals surface area contributed by atoms with E-state index in [0.717, 1.165) is 6.20 Å². The molecule has 0 bridgehead atoms. The van der Waals surface area contributed by atoms with E-state index in [1.54, 1.807) is 20.8 Å². The van der Waals surface area contributed by atoms with E-state index in [-0.39, 0.29) is 5.82 Å². The van der Waals surface area contributed by atoms with Crippen molar-refractivity contribution in [1.82, 2.24) is 9.55 Å². The molecule has 0 aromatic carbocycles. The molecule has 1 aliphatic heterocycles. The average molecular weight is 347 g/mol. The molecule has 1 saturated heterocycles. The zero-order valence-electron chi connectivity index (χ0n) is 13.5. The molecule has 2 atom stereocenters. The number of carbonyl (C=O) groups is 1. The number of halogens is 2. The Morgan fingerprint density at radius 1 is 1.58 bits per heavy atom. The van der Waals surface area contributed by atoms with Crippen molar-refractivity contribution >= 4 is 11.9 Å². The van der Waals surface area contributed by atoms with Crippen LogP contribution in [0.4, 0.5) is 19.4 Å². The lowest BCUT2D eigenvalue weighted by atomic mass is 10.2. The van der Waals surface area contributed by atoms with Gasteiger partial charge in [0.15, 0.2) is 0 Å². The Morgan fingerprint density at radius 3 is 2.75 bits per heavy atom. The minimum Gasteiger partial charge on any atom is -0.444 e. The Labute approximate surface area is 136 Å². The van der Waals surface area contributed by atoms with E-state index >= 15 is 0 Å². The topological polar surface area (TPSA) is 103 Å². The molecule has 1 aromatic rings. The number of carbonyl (C=O) groups excluding carboxylic acids is 1. The van der Waals surface area contributed by atoms with Crippen molar-refractivity contribution in [3.63, 3.8) is 0 Å². The maximum absolute atomic E-state index is 13.9. The molecule has 2 unspecified atom stereocenters. The van der Waals surface area contributed by atoms with E-state index in [9.17, 15) is 18.4 Å². The minimum absolute atomic E-state index is 0.134. The molecule has 134 valence electrons. The number of aliphatic hydroxyl groups is 1. The van der Waals surface area contributed by atoms with Gasteiger partial charge in [-0.25, -0.2) is 18.4 Å². The SMILES string of the molecule is CC(C)(C)OC(=O)Nc1ccn(C2OC(CO)CC2(F)F)c(=O)n1. The zero-order chi connectivity index (χ0) is 18.1. The third-order valence-electron chi connectivity index (χ3n) is 3.10. The molecule has 10 heteroatoms. The van der Waals surface area contributed by atoms with Crippen molar-refractivity contribution in [2.75, 3.05) is 11.9 Å². The number of aliphatic hydroxyl groups excluding tert-OH is 1. The summed E-state index contributed by atoms with van der Waals surface area (Å²) in [5.41, 5.74) is -1.76. The summed E-state index contributed by atoms with van der Waals surface area (Å²) in [6.45, 7) is 4.41. The Kier molecular flexibility index (Phi) is 4.90. The maximum Gasteiger partial charge on any atom is 0.413 e. The van der Waals surface area contributed by atoms with Crippen molar-refractivity contribution < 1.29 is 28.2 Å². The fraction of sp³-hybridized carbons (Fsp3) is 0.643. The molecule has 0 saturated carbocycles. The highest BCUT2D eigenvalue weighted by atomic mass is 19.3. The van der Waals surface area contributed by atoms with E-state index in [1.807, 2.05) is 0 Å². The van der Waals surface area contributed by atoms with Gasteiger partial charge in [-0.3, -0.25) is 9.88 Å². The summed E-state index contributed by atoms with van der Waals surface area (Å²) < 4.78 is 38.4. The van der Waals surface area contributed by atoms with Gasteiger partial charge in [0.25, 0.3) is 5.92 Å². The van der Waals surface area contributed by atoms with Crippen LogP contribution in [0.1, 0.15) is 33.4 Å². The van der Waals surface area contributed by atoms with Crippen LogP contribution in [-0.2, 0) is 9.47 Å². The number of hydrogen-bond donors (Lipinski definition) is 2. The first-order valence-corrected chi connectivity index (χ1v) is 7.25. The van der Waals surface area contributed by atoms with Crippen molar-refractivity contribution in [3.8, 4) is 0 Å². The Hall–Kier alpha value is -2.07. The molecule has 2 N–H and O–H groups in total. The van der Waals surface area contributed by atoms with Gasteiger partial charge in [0.1, 0.15) is 11.4 Å². The summed E-state index contributed by atoms with van der Waals surface area (Å²) >= 11 is 0. The molecule has 8 nitrogen and oxygen atoms in total. The van der Waals surface area contributed by atoms with Gasteiger partial charge in [0, 0.05) is 12.6 Å². The van der Waals surface area contributed by atoms with Crippen LogP contribution in [0.3, 0.4) is 0 Å². The summed E-state index contributed by atoms with van der Waals surface area (Å²) in [6, 6.07) is 1.18. The molecular formula is C14H19F2N3O5. The highest BCUT2D eigenvalue weighted by molar-refractivity contribution is 5.83. The van der Waals surface area contributed by atoms with Gasteiger partial charge < -0.3 is 14.6 Å². The lowest BCUT2D eigenvalue weighted by molar-refractivity contribution is -0.120. The Balaban J connectivity index is 2.16. The number of rotatable bonds is 3. The van der Waals surface area contributed by atoms with Gasteiger partial charge in [-0.15, -0.1) is 0 Å². The fourth-order valence-corrected chi connectivity index (χ4v) is 2.18. The highest BCUT2D eigenvalue weighted by Gasteiger charge is 2.51. The summed E-state index contributed by atoms with van der Waals surface area (Å²) in [4.78, 5) is 27.1. The molecule has 2 heterocycles. The summed E-state index contributed by atoms with van der Waals surface area (Å²) in [6.07, 6.45) is -3.39. The summed E-state index contributed by atoms with van der Waals surface area (Å²) in [5, 5.41) is 11.2. The first-order valence-electron chi connectivity index (χ1n) is 7.25. The van der Waals surface area contributed by atoms with Crippen LogP contribution in [0.2, 0.25) is 0 Å². The third-order valence-corrected chi connectivity index (χ3v) is 3.10. The second kappa shape index (κ2) is 6.44. The van der Waals surface area contributed by atoms with Gasteiger partial charge >= 0.3 is 11.8 Å². The van der Waals surface area contributed by atoms with E-state index < -0.39 is 48.7 Å². The average Bonchev–Trinajstić information content (AvgIpc) is 2.72. The van der Waals surface area contributed by atoms with Crippen molar-refractivity contribution in [2.45, 2.75) is 51.0 Å². The fourth-order valence-electron chi connectivity index (χ4n) is 2.18. The van der Waals surface area contributed by atoms with Gasteiger partial charge in [-0.05, 0) is 26.8 Å². The molecule has 1 fully saturated rings. The molecule has 1 amide bonds. The summed E-state index contributed by atoms with van der Waals surface area (Å²) in [7, 11) is 0. The number of ether oxygens (including phenoxy) is 2. The quantitative estimate of drug-likeness (QED) is 0.859. The standard InChI is InChI=1S/C14H19F2N3O5/c1-13(2,3)24-12(22)18-9-4-5-19(11(21)17-9)10-14(15,16)6-8(7-20)23-10/h4-5,8,10,20H,6-7H2,1-3H3,(H,17,18,21,22). The number of hydrogen-bond acceptors (Lipinski definition) is 6. The first-order chi connectivity index (χ1) is 11.0. The second-order valence-electron chi connectivity index (χ2n) is 6.39.